The van der Waals surface area contributed by atoms with Gasteiger partial charge in [-0.05, 0) is 11.4 Å². The molecule has 0 saturated heterocycles. The van der Waals surface area contributed by atoms with E-state index in [9.17, 15) is 0 Å². The fourth-order valence-corrected chi connectivity index (χ4v) is 1.19. The van der Waals surface area contributed by atoms with E-state index in [4.69, 9.17) is 0 Å². The minimum atomic E-state index is 0.914. The molecular formula is C13H11N2-. The quantitative estimate of drug-likeness (QED) is 0.521. The van der Waals surface area contributed by atoms with Crippen LogP contribution in [-0.4, -0.2) is 6.34 Å². The van der Waals surface area contributed by atoms with Crippen LogP contribution in [0.15, 0.2) is 65.7 Å². The van der Waals surface area contributed by atoms with Crippen molar-refractivity contribution >= 4 is 17.7 Å². The molecule has 0 unspecified atom stereocenters. The molecule has 0 N–H and O–H groups in total. The third kappa shape index (κ3) is 2.95. The summed E-state index contributed by atoms with van der Waals surface area (Å²) < 4.78 is 0. The molecule has 0 spiro atoms. The van der Waals surface area contributed by atoms with Gasteiger partial charge >= 0.3 is 0 Å². The lowest BCUT2D eigenvalue weighted by molar-refractivity contribution is 1.53. The normalized spacial score (nSPS) is 10.4. The van der Waals surface area contributed by atoms with E-state index < -0.39 is 0 Å². The molecule has 0 aliphatic carbocycles. The topological polar surface area (TPSA) is 26.5 Å². The number of para-hydroxylation sites is 2. The lowest BCUT2D eigenvalue weighted by Crippen LogP contribution is -1.70. The average Bonchev–Trinajstić information content (AvgIpc) is 2.32. The summed E-state index contributed by atoms with van der Waals surface area (Å²) in [4.78, 5) is 4.21. The van der Waals surface area contributed by atoms with Crippen molar-refractivity contribution in [3.63, 3.8) is 0 Å². The molecule has 0 aliphatic heterocycles. The smallest absolute Gasteiger partial charge is 0.0419 e. The summed E-state index contributed by atoms with van der Waals surface area (Å²) in [6, 6.07) is 19.5. The number of aliphatic imine (C=N–C) groups is 1. The van der Waals surface area contributed by atoms with E-state index in [-0.39, 0.29) is 0 Å². The molecule has 0 heterocycles. The van der Waals surface area contributed by atoms with Crippen LogP contribution in [0, 0.1) is 0 Å². The molecule has 0 aliphatic rings. The molecule has 0 aromatic heterocycles. The summed E-state index contributed by atoms with van der Waals surface area (Å²) in [5.41, 5.74) is 1.83. The van der Waals surface area contributed by atoms with Crippen molar-refractivity contribution in [3.05, 3.63) is 66.0 Å². The number of benzene rings is 2. The molecule has 2 aromatic rings. The van der Waals surface area contributed by atoms with Crippen LogP contribution in [0.3, 0.4) is 0 Å². The summed E-state index contributed by atoms with van der Waals surface area (Å²) in [5, 5.41) is 4.21. The van der Waals surface area contributed by atoms with Gasteiger partial charge in [0.15, 0.2) is 0 Å². The number of nitrogens with zero attached hydrogens (tertiary/aromatic N) is 2. The second-order valence-corrected chi connectivity index (χ2v) is 3.04. The van der Waals surface area contributed by atoms with Gasteiger partial charge in [0.05, 0.1) is 0 Å². The van der Waals surface area contributed by atoms with Crippen molar-refractivity contribution in [2.24, 2.45) is 4.99 Å². The summed E-state index contributed by atoms with van der Waals surface area (Å²) in [7, 11) is 0. The second-order valence-electron chi connectivity index (χ2n) is 3.04. The van der Waals surface area contributed by atoms with E-state index in [2.05, 4.69) is 10.3 Å². The van der Waals surface area contributed by atoms with Crippen LogP contribution in [0.2, 0.25) is 0 Å². The molecule has 2 aromatic carbocycles. The van der Waals surface area contributed by atoms with Crippen LogP contribution in [0.1, 0.15) is 0 Å². The van der Waals surface area contributed by atoms with E-state index in [0.29, 0.717) is 0 Å². The first kappa shape index (κ1) is 9.46. The fraction of sp³-hybridized carbons (Fsp3) is 0. The van der Waals surface area contributed by atoms with Crippen molar-refractivity contribution in [2.45, 2.75) is 0 Å². The Balaban J connectivity index is 1.97. The summed E-state index contributed by atoms with van der Waals surface area (Å²) in [6.07, 6.45) is 1.57. The summed E-state index contributed by atoms with van der Waals surface area (Å²) >= 11 is 0. The monoisotopic (exact) mass is 195 g/mol. The van der Waals surface area contributed by atoms with E-state index in [1.165, 1.54) is 0 Å². The SMILES string of the molecule is C(=Nc1ccccc1)[N-]c1ccccc1. The predicted octanol–water partition coefficient (Wildman–Crippen LogP) is 4.05. The third-order valence-electron chi connectivity index (χ3n) is 1.93. The van der Waals surface area contributed by atoms with Gasteiger partial charge in [-0.1, -0.05) is 67.0 Å². The minimum Gasteiger partial charge on any atom is -0.443 e. The Morgan fingerprint density at radius 2 is 1.40 bits per heavy atom. The minimum absolute atomic E-state index is 0.914. The average molecular weight is 195 g/mol. The van der Waals surface area contributed by atoms with Crippen LogP contribution in [-0.2, 0) is 0 Å². The highest BCUT2D eigenvalue weighted by atomic mass is 14.9. The van der Waals surface area contributed by atoms with Crippen molar-refractivity contribution in [3.8, 4) is 0 Å². The van der Waals surface area contributed by atoms with Gasteiger partial charge in [0.25, 0.3) is 0 Å². The van der Waals surface area contributed by atoms with Gasteiger partial charge in [0, 0.05) is 0 Å². The Labute approximate surface area is 89.3 Å². The molecule has 0 bridgehead atoms. The van der Waals surface area contributed by atoms with E-state index in [1.807, 2.05) is 60.7 Å². The van der Waals surface area contributed by atoms with Crippen LogP contribution in [0.4, 0.5) is 11.4 Å². The first-order valence-corrected chi connectivity index (χ1v) is 4.78. The van der Waals surface area contributed by atoms with Crippen molar-refractivity contribution in [1.29, 1.82) is 0 Å². The van der Waals surface area contributed by atoms with Gasteiger partial charge in [-0.3, -0.25) is 0 Å². The predicted molar refractivity (Wildman–Crippen MR) is 64.1 cm³/mol. The Hall–Kier alpha value is -2.09. The maximum absolute atomic E-state index is 4.21. The molecule has 2 nitrogen and oxygen atoms in total. The lowest BCUT2D eigenvalue weighted by Gasteiger charge is -2.07. The van der Waals surface area contributed by atoms with Crippen LogP contribution in [0.25, 0.3) is 5.32 Å². The Bertz CT molecular complexity index is 421. The van der Waals surface area contributed by atoms with Gasteiger partial charge in [-0.25, -0.2) is 0 Å². The van der Waals surface area contributed by atoms with Gasteiger partial charge in [0.1, 0.15) is 0 Å². The summed E-state index contributed by atoms with van der Waals surface area (Å²) in [5.74, 6) is 0. The van der Waals surface area contributed by atoms with E-state index in [1.54, 1.807) is 6.34 Å². The van der Waals surface area contributed by atoms with Gasteiger partial charge in [-0.15, -0.1) is 0 Å². The highest BCUT2D eigenvalue weighted by Gasteiger charge is 1.78. The highest BCUT2D eigenvalue weighted by Crippen LogP contribution is 2.16. The van der Waals surface area contributed by atoms with Crippen LogP contribution in [0.5, 0.6) is 0 Å². The standard InChI is InChI=1S/C13H11N2/c1-3-7-12(8-4-1)14-11-15-13-9-5-2-6-10-13/h1-11H/q-1. The Morgan fingerprint density at radius 1 is 0.800 bits per heavy atom. The molecule has 0 radical (unpaired) electrons. The molecule has 15 heavy (non-hydrogen) atoms. The van der Waals surface area contributed by atoms with Gasteiger partial charge in [-0.2, -0.15) is 0 Å². The van der Waals surface area contributed by atoms with Crippen molar-refractivity contribution < 1.29 is 0 Å². The van der Waals surface area contributed by atoms with Crippen molar-refractivity contribution in [1.82, 2.24) is 0 Å². The maximum atomic E-state index is 4.21. The molecular weight excluding hydrogens is 184 g/mol. The Morgan fingerprint density at radius 3 is 2.07 bits per heavy atom. The third-order valence-corrected chi connectivity index (χ3v) is 1.93. The zero-order valence-corrected chi connectivity index (χ0v) is 8.25. The van der Waals surface area contributed by atoms with Crippen LogP contribution < -0.4 is 0 Å². The summed E-state index contributed by atoms with van der Waals surface area (Å²) in [6.45, 7) is 0. The second kappa shape index (κ2) is 4.96. The van der Waals surface area contributed by atoms with Gasteiger partial charge < -0.3 is 10.3 Å². The number of hydrogen-bond donors (Lipinski definition) is 0. The molecule has 0 amide bonds. The Kier molecular flexibility index (Phi) is 3.13. The molecule has 74 valence electrons. The molecule has 2 heteroatoms. The van der Waals surface area contributed by atoms with Gasteiger partial charge in [0.2, 0.25) is 0 Å². The zero-order valence-electron chi connectivity index (χ0n) is 8.25. The van der Waals surface area contributed by atoms with E-state index >= 15 is 0 Å². The first-order valence-electron chi connectivity index (χ1n) is 4.78. The molecule has 0 atom stereocenters. The first-order chi connectivity index (χ1) is 7.45. The largest absolute Gasteiger partial charge is 0.443 e. The maximum Gasteiger partial charge on any atom is -0.0419 e. The van der Waals surface area contributed by atoms with E-state index in [0.717, 1.165) is 11.4 Å². The number of rotatable bonds is 3. The number of hydrogen-bond acceptors (Lipinski definition) is 1. The van der Waals surface area contributed by atoms with Crippen molar-refractivity contribution in [2.75, 3.05) is 0 Å². The molecule has 0 saturated carbocycles. The highest BCUT2D eigenvalue weighted by molar-refractivity contribution is 5.84. The molecule has 0 fully saturated rings. The van der Waals surface area contributed by atoms with Crippen LogP contribution >= 0.6 is 0 Å². The molecule has 2 rings (SSSR count). The zero-order chi connectivity index (χ0) is 10.3. The lowest BCUT2D eigenvalue weighted by atomic mass is 10.3. The fourth-order valence-electron chi connectivity index (χ4n) is 1.19.